The molecule has 0 bridgehead atoms. The van der Waals surface area contributed by atoms with Crippen molar-refractivity contribution < 1.29 is 5.11 Å². The third-order valence-electron chi connectivity index (χ3n) is 3.01. The first-order valence-electron chi connectivity index (χ1n) is 5.39. The lowest BCUT2D eigenvalue weighted by Gasteiger charge is -2.33. The SMILES string of the molecule is CCC#CCC1(CO)CCCCC1. The van der Waals surface area contributed by atoms with Gasteiger partial charge in [0.25, 0.3) is 0 Å². The van der Waals surface area contributed by atoms with E-state index in [0.29, 0.717) is 6.61 Å². The summed E-state index contributed by atoms with van der Waals surface area (Å²) < 4.78 is 0. The molecule has 0 heterocycles. The molecule has 0 amide bonds. The molecule has 1 aliphatic carbocycles. The average molecular weight is 180 g/mol. The number of aliphatic hydroxyl groups excluding tert-OH is 1. The van der Waals surface area contributed by atoms with Gasteiger partial charge in [-0.3, -0.25) is 0 Å². The van der Waals surface area contributed by atoms with Gasteiger partial charge in [-0.15, -0.1) is 11.8 Å². The highest BCUT2D eigenvalue weighted by Crippen LogP contribution is 2.38. The Morgan fingerprint density at radius 2 is 1.85 bits per heavy atom. The minimum Gasteiger partial charge on any atom is -0.396 e. The van der Waals surface area contributed by atoms with Crippen LogP contribution in [0.15, 0.2) is 0 Å². The molecule has 1 saturated carbocycles. The lowest BCUT2D eigenvalue weighted by molar-refractivity contribution is 0.0870. The molecule has 1 aliphatic rings. The first-order valence-corrected chi connectivity index (χ1v) is 5.39. The Kier molecular flexibility index (Phi) is 4.32. The van der Waals surface area contributed by atoms with Crippen LogP contribution >= 0.6 is 0 Å². The zero-order valence-electron chi connectivity index (χ0n) is 8.60. The van der Waals surface area contributed by atoms with Crippen molar-refractivity contribution in [3.8, 4) is 11.8 Å². The van der Waals surface area contributed by atoms with Crippen LogP contribution in [-0.4, -0.2) is 11.7 Å². The van der Waals surface area contributed by atoms with E-state index in [2.05, 4.69) is 18.8 Å². The van der Waals surface area contributed by atoms with Gasteiger partial charge in [-0.2, -0.15) is 0 Å². The van der Waals surface area contributed by atoms with Gasteiger partial charge in [-0.25, -0.2) is 0 Å². The summed E-state index contributed by atoms with van der Waals surface area (Å²) in [4.78, 5) is 0. The topological polar surface area (TPSA) is 20.2 Å². The second-order valence-corrected chi connectivity index (χ2v) is 4.10. The maximum atomic E-state index is 9.37. The van der Waals surface area contributed by atoms with Crippen LogP contribution in [0.3, 0.4) is 0 Å². The van der Waals surface area contributed by atoms with E-state index >= 15 is 0 Å². The van der Waals surface area contributed by atoms with E-state index in [9.17, 15) is 5.11 Å². The van der Waals surface area contributed by atoms with Crippen molar-refractivity contribution in [1.29, 1.82) is 0 Å². The summed E-state index contributed by atoms with van der Waals surface area (Å²) in [5.41, 5.74) is 0.153. The van der Waals surface area contributed by atoms with Crippen LogP contribution in [0.2, 0.25) is 0 Å². The molecule has 74 valence electrons. The number of hydrogen-bond donors (Lipinski definition) is 1. The van der Waals surface area contributed by atoms with Gasteiger partial charge in [0.05, 0.1) is 0 Å². The van der Waals surface area contributed by atoms with Gasteiger partial charge in [0.15, 0.2) is 0 Å². The molecule has 0 atom stereocenters. The van der Waals surface area contributed by atoms with Crippen molar-refractivity contribution in [3.05, 3.63) is 0 Å². The molecule has 0 radical (unpaired) electrons. The summed E-state index contributed by atoms with van der Waals surface area (Å²) in [5.74, 6) is 6.28. The Morgan fingerprint density at radius 1 is 1.15 bits per heavy atom. The minimum atomic E-state index is 0.153. The first kappa shape index (κ1) is 10.6. The van der Waals surface area contributed by atoms with Crippen molar-refractivity contribution in [2.24, 2.45) is 5.41 Å². The van der Waals surface area contributed by atoms with E-state index in [1.165, 1.54) is 32.1 Å². The smallest absolute Gasteiger partial charge is 0.0496 e. The second-order valence-electron chi connectivity index (χ2n) is 4.10. The van der Waals surface area contributed by atoms with Gasteiger partial charge < -0.3 is 5.11 Å². The third-order valence-corrected chi connectivity index (χ3v) is 3.01. The molecule has 1 rings (SSSR count). The summed E-state index contributed by atoms with van der Waals surface area (Å²) in [6, 6.07) is 0. The average Bonchev–Trinajstić information content (AvgIpc) is 2.20. The van der Waals surface area contributed by atoms with Crippen molar-refractivity contribution in [2.75, 3.05) is 6.61 Å². The van der Waals surface area contributed by atoms with Crippen LogP contribution in [0.4, 0.5) is 0 Å². The largest absolute Gasteiger partial charge is 0.396 e. The Morgan fingerprint density at radius 3 is 2.38 bits per heavy atom. The Balaban J connectivity index is 2.47. The highest BCUT2D eigenvalue weighted by atomic mass is 16.3. The molecule has 0 saturated heterocycles. The van der Waals surface area contributed by atoms with E-state index < -0.39 is 0 Å². The number of hydrogen-bond acceptors (Lipinski definition) is 1. The molecule has 0 spiro atoms. The predicted octanol–water partition coefficient (Wildman–Crippen LogP) is 2.73. The monoisotopic (exact) mass is 180 g/mol. The highest BCUT2D eigenvalue weighted by Gasteiger charge is 2.30. The quantitative estimate of drug-likeness (QED) is 0.648. The van der Waals surface area contributed by atoms with Gasteiger partial charge in [0.1, 0.15) is 0 Å². The molecule has 0 unspecified atom stereocenters. The molecular weight excluding hydrogens is 160 g/mol. The van der Waals surface area contributed by atoms with E-state index in [-0.39, 0.29) is 5.41 Å². The fourth-order valence-corrected chi connectivity index (χ4v) is 2.07. The molecule has 13 heavy (non-hydrogen) atoms. The van der Waals surface area contributed by atoms with Gasteiger partial charge in [-0.05, 0) is 12.8 Å². The summed E-state index contributed by atoms with van der Waals surface area (Å²) in [5, 5.41) is 9.37. The second kappa shape index (κ2) is 5.29. The Hall–Kier alpha value is -0.480. The van der Waals surface area contributed by atoms with E-state index in [1.807, 2.05) is 0 Å². The van der Waals surface area contributed by atoms with Crippen molar-refractivity contribution >= 4 is 0 Å². The summed E-state index contributed by atoms with van der Waals surface area (Å²) in [6.07, 6.45) is 8.05. The fraction of sp³-hybridized carbons (Fsp3) is 0.833. The van der Waals surface area contributed by atoms with Crippen molar-refractivity contribution in [3.63, 3.8) is 0 Å². The van der Waals surface area contributed by atoms with Gasteiger partial charge in [0, 0.05) is 24.9 Å². The first-order chi connectivity index (χ1) is 6.33. The summed E-state index contributed by atoms with van der Waals surface area (Å²) >= 11 is 0. The fourth-order valence-electron chi connectivity index (χ4n) is 2.07. The molecular formula is C12H20O. The molecule has 1 nitrogen and oxygen atoms in total. The molecule has 0 aromatic carbocycles. The normalized spacial score (nSPS) is 20.5. The number of aliphatic hydroxyl groups is 1. The van der Waals surface area contributed by atoms with Crippen molar-refractivity contribution in [1.82, 2.24) is 0 Å². The maximum absolute atomic E-state index is 9.37. The van der Waals surface area contributed by atoms with E-state index in [0.717, 1.165) is 12.8 Å². The van der Waals surface area contributed by atoms with Gasteiger partial charge in [-0.1, -0.05) is 26.2 Å². The molecule has 1 heteroatoms. The zero-order chi connectivity index (χ0) is 9.57. The van der Waals surface area contributed by atoms with Crippen LogP contribution in [-0.2, 0) is 0 Å². The molecule has 1 fully saturated rings. The lowest BCUT2D eigenvalue weighted by atomic mass is 9.72. The van der Waals surface area contributed by atoms with E-state index in [4.69, 9.17) is 0 Å². The van der Waals surface area contributed by atoms with Crippen molar-refractivity contribution in [2.45, 2.75) is 51.9 Å². The van der Waals surface area contributed by atoms with E-state index in [1.54, 1.807) is 0 Å². The molecule has 1 N–H and O–H groups in total. The summed E-state index contributed by atoms with van der Waals surface area (Å²) in [7, 11) is 0. The molecule has 0 aromatic heterocycles. The maximum Gasteiger partial charge on any atom is 0.0496 e. The predicted molar refractivity (Wildman–Crippen MR) is 55.3 cm³/mol. The van der Waals surface area contributed by atoms with Crippen LogP contribution in [0.25, 0.3) is 0 Å². The van der Waals surface area contributed by atoms with Crippen LogP contribution < -0.4 is 0 Å². The Bertz CT molecular complexity index is 191. The van der Waals surface area contributed by atoms with Gasteiger partial charge >= 0.3 is 0 Å². The van der Waals surface area contributed by atoms with Crippen LogP contribution in [0.1, 0.15) is 51.9 Å². The number of rotatable bonds is 2. The molecule has 0 aromatic rings. The standard InChI is InChI=1S/C12H20O/c1-2-3-5-8-12(11-13)9-6-4-7-10-12/h13H,2,4,6-11H2,1H3. The highest BCUT2D eigenvalue weighted by molar-refractivity contribution is 5.03. The summed E-state index contributed by atoms with van der Waals surface area (Å²) in [6.45, 7) is 2.39. The minimum absolute atomic E-state index is 0.153. The zero-order valence-corrected chi connectivity index (χ0v) is 8.60. The van der Waals surface area contributed by atoms with Crippen LogP contribution in [0, 0.1) is 17.3 Å². The van der Waals surface area contributed by atoms with Crippen LogP contribution in [0.5, 0.6) is 0 Å². The lowest BCUT2D eigenvalue weighted by Crippen LogP contribution is -2.27. The van der Waals surface area contributed by atoms with Gasteiger partial charge in [0.2, 0.25) is 0 Å². The molecule has 0 aliphatic heterocycles. The Labute approximate surface area is 81.5 Å². The third kappa shape index (κ3) is 3.04.